The van der Waals surface area contributed by atoms with E-state index < -0.39 is 75.0 Å². The topological polar surface area (TPSA) is 171 Å². The van der Waals surface area contributed by atoms with Crippen LogP contribution in [0.3, 0.4) is 0 Å². The van der Waals surface area contributed by atoms with Crippen LogP contribution in [0.5, 0.6) is 0 Å². The number of carbonyl (C=O) groups excluding carboxylic acids is 10. The molecule has 728 valence electrons. The minimum absolute atomic E-state index is 0. The zero-order valence-corrected chi connectivity index (χ0v) is 102. The zero-order valence-electron chi connectivity index (χ0n) is 77.0. The Morgan fingerprint density at radius 3 is 0.331 bits per heavy atom. The van der Waals surface area contributed by atoms with Crippen molar-refractivity contribution in [1.82, 2.24) is 0 Å². The molecule has 34 heteroatoms. The Labute approximate surface area is 878 Å². The molecule has 0 atom stereocenters. The first-order valence-electron chi connectivity index (χ1n) is 41.0. The first kappa shape index (κ1) is 152. The molecule has 6 aromatic rings. The Bertz CT molecular complexity index is 2940. The van der Waals surface area contributed by atoms with E-state index >= 15 is 0 Å². The Balaban J connectivity index is -0.000000109. The molecular weight excluding hydrogens is 2690 g/mol. The van der Waals surface area contributed by atoms with Gasteiger partial charge in [0.2, 0.25) is 0 Å². The largest absolute Gasteiger partial charge is 0.281 e. The predicted octanol–water partition coefficient (Wildman–Crippen LogP) is 31.0. The van der Waals surface area contributed by atoms with Gasteiger partial charge in [0.15, 0.2) is 17.2 Å². The van der Waals surface area contributed by atoms with Gasteiger partial charge >= 0.3 is 0 Å². The molecule has 0 aliphatic heterocycles. The van der Waals surface area contributed by atoms with Crippen molar-refractivity contribution < 1.29 is 132 Å². The minimum atomic E-state index is -1.52. The minimum Gasteiger partial charge on any atom is -0.281 e. The molecule has 2 aliphatic rings. The van der Waals surface area contributed by atoms with Gasteiger partial charge in [0, 0.05) is 84.3 Å². The summed E-state index contributed by atoms with van der Waals surface area (Å²) in [5.41, 5.74) is 0. The van der Waals surface area contributed by atoms with Gasteiger partial charge in [0.25, 0.3) is 57.8 Å². The maximum absolute atomic E-state index is 10.2. The van der Waals surface area contributed by atoms with Crippen molar-refractivity contribution in [3.05, 3.63) is 121 Å². The molecule has 8 rings (SSSR count). The number of Topliss-reactive ketones (excluding diaryl/α,β-unsaturated/α-hetero) is 10. The van der Waals surface area contributed by atoms with E-state index in [9.17, 15) is 47.9 Å². The molecule has 0 amide bonds. The summed E-state index contributed by atoms with van der Waals surface area (Å²) in [7, 11) is 3.57. The van der Waals surface area contributed by atoms with E-state index in [0.29, 0.717) is 63.4 Å². The van der Waals surface area contributed by atoms with Crippen LogP contribution < -0.4 is 0 Å². The van der Waals surface area contributed by atoms with Gasteiger partial charge in [-0.1, -0.05) is 330 Å². The van der Waals surface area contributed by atoms with Gasteiger partial charge < -0.3 is 0 Å². The van der Waals surface area contributed by atoms with Gasteiger partial charge in [0.1, 0.15) is 0 Å². The SMILES string of the molecule is CCP(CC)CC.CCP(CC)CC.CCP(CC)CC.CCP(CC)CC.CCP(CC)CC.CCP(CC)CC.CCP(CC)CC.CCP(CC)CC.ClC(Cl)Cl.ClC(Cl)Cl.ClC(Cl)Cl.ClC(Cl)Cl.O=C1C(=O)C(=O)C(=O)C1=O.O=C1C(=O)C(=O)C(=O)C1=O.[Pt].[Pt].[Pt].[Pt].[c-]1ccc2ccc3cc[c-]cc3c2c1.[c-]1ccc2ccc3cc[c-]cc3c2c1. The molecule has 2 aliphatic carbocycles. The predicted molar refractivity (Wildman–Crippen MR) is 562 cm³/mol. The monoisotopic (exact) mass is 2830 g/mol. The van der Waals surface area contributed by atoms with Crippen molar-refractivity contribution >= 4 is 304 Å². The van der Waals surface area contributed by atoms with E-state index in [1.165, 1.54) is 191 Å². The summed E-state index contributed by atoms with van der Waals surface area (Å²) < 4.78 is -3.00. The summed E-state index contributed by atoms with van der Waals surface area (Å²) in [5.74, 6) is -15.2. The van der Waals surface area contributed by atoms with Gasteiger partial charge in [-0.05, 0) is 148 Å². The number of fused-ring (bicyclic) bond motifs is 6. The summed E-state index contributed by atoms with van der Waals surface area (Å²) in [6.07, 6.45) is 34.1. The fraction of sp³-hybridized carbons (Fsp3) is 0.578. The summed E-state index contributed by atoms with van der Waals surface area (Å²) in [5, 5.41) is 10.0. The molecule has 0 saturated heterocycles. The maximum atomic E-state index is 10.2. The molecule has 2 fully saturated rings. The molecule has 6 aromatic carbocycles. The Morgan fingerprint density at radius 1 is 0.185 bits per heavy atom. The van der Waals surface area contributed by atoms with E-state index in [-0.39, 0.29) is 84.3 Å². The molecule has 124 heavy (non-hydrogen) atoms. The van der Waals surface area contributed by atoms with Crippen LogP contribution in [0.25, 0.3) is 43.1 Å². The van der Waals surface area contributed by atoms with Crippen LogP contribution in [0, 0.1) is 24.3 Å². The molecule has 0 bridgehead atoms. The number of halogens is 12. The van der Waals surface area contributed by atoms with Gasteiger partial charge in [-0.2, -0.15) is 119 Å². The van der Waals surface area contributed by atoms with Crippen LogP contribution in [0.1, 0.15) is 166 Å². The van der Waals surface area contributed by atoms with Crippen molar-refractivity contribution in [1.29, 1.82) is 0 Å². The van der Waals surface area contributed by atoms with E-state index in [2.05, 4.69) is 239 Å². The quantitative estimate of drug-likeness (QED) is 0.0187. The summed E-state index contributed by atoms with van der Waals surface area (Å²) in [6, 6.07) is 45.3. The molecular formula is C90H140Cl12O10P8Pt4-4. The average molecular weight is 2840 g/mol. The Morgan fingerprint density at radius 2 is 0.266 bits per heavy atom. The van der Waals surface area contributed by atoms with Crippen molar-refractivity contribution in [2.24, 2.45) is 0 Å². The molecule has 0 radical (unpaired) electrons. The maximum Gasteiger partial charge on any atom is 0.281 e. The van der Waals surface area contributed by atoms with Crippen molar-refractivity contribution in [2.45, 2.75) is 183 Å². The normalized spacial score (nSPS) is 11.3. The van der Waals surface area contributed by atoms with Crippen LogP contribution >= 0.6 is 203 Å². The third-order valence-electron chi connectivity index (χ3n) is 17.9. The number of rotatable bonds is 24. The van der Waals surface area contributed by atoms with Crippen molar-refractivity contribution in [3.8, 4) is 0 Å². The number of ketones is 10. The van der Waals surface area contributed by atoms with Gasteiger partial charge in [0.05, 0.1) is 0 Å². The Hall–Kier alpha value is 2.73. The summed E-state index contributed by atoms with van der Waals surface area (Å²) >= 11 is 57.7. The van der Waals surface area contributed by atoms with Gasteiger partial charge in [-0.25, -0.2) is 0 Å². The molecule has 2 saturated carbocycles. The van der Waals surface area contributed by atoms with E-state index in [1.54, 1.807) is 0 Å². The number of hydrogen-bond acceptors (Lipinski definition) is 10. The number of hydrogen-bond donors (Lipinski definition) is 0. The molecule has 0 N–H and O–H groups in total. The number of carbonyl (C=O) groups is 10. The third kappa shape index (κ3) is 81.9. The van der Waals surface area contributed by atoms with Crippen LogP contribution in [-0.4, -0.2) is 223 Å². The molecule has 10 nitrogen and oxygen atoms in total. The molecule has 0 aromatic heterocycles. The smallest absolute Gasteiger partial charge is 0.281 e. The van der Waals surface area contributed by atoms with Gasteiger partial charge in [-0.15, -0.1) is 84.9 Å². The van der Waals surface area contributed by atoms with Gasteiger partial charge in [-0.3, -0.25) is 47.9 Å². The molecule has 0 unspecified atom stereocenters. The Kier molecular flexibility index (Phi) is 128. The summed E-state index contributed by atoms with van der Waals surface area (Å²) in [6.45, 7) is 55.0. The van der Waals surface area contributed by atoms with Crippen LogP contribution in [0.4, 0.5) is 0 Å². The molecule has 0 spiro atoms. The van der Waals surface area contributed by atoms with Crippen LogP contribution in [0.15, 0.2) is 97.1 Å². The van der Waals surface area contributed by atoms with Crippen LogP contribution in [0.2, 0.25) is 0 Å². The van der Waals surface area contributed by atoms with E-state index in [1.807, 2.05) is 48.5 Å². The second-order valence-corrected chi connectivity index (χ2v) is 57.8. The van der Waals surface area contributed by atoms with E-state index in [4.69, 9.17) is 139 Å². The first-order valence-corrected chi connectivity index (χ1v) is 61.4. The second kappa shape index (κ2) is 105. The van der Waals surface area contributed by atoms with Crippen molar-refractivity contribution in [2.75, 3.05) is 148 Å². The summed E-state index contributed by atoms with van der Waals surface area (Å²) in [4.78, 5) is 102. The zero-order chi connectivity index (χ0) is 94.4. The fourth-order valence-corrected chi connectivity index (χ4v) is 20.8. The number of benzene rings is 6. The molecule has 0 heterocycles. The van der Waals surface area contributed by atoms with Crippen molar-refractivity contribution in [3.63, 3.8) is 0 Å². The van der Waals surface area contributed by atoms with E-state index in [0.717, 1.165) is 0 Å². The second-order valence-electron chi connectivity index (χ2n) is 24.0. The van der Waals surface area contributed by atoms with Crippen LogP contribution in [-0.2, 0) is 132 Å². The third-order valence-corrected chi connectivity index (χ3v) is 39.3. The standard InChI is InChI=1S/2C14H8.8C6H15P.2C5O5.4CHCl3.4Pt/c2*1-3-7-13-11(5-1)9-10-12-6-2-4-8-14(12)13;8*1-4-7(5-2)6-3;2*6-1-2(7)4(9)5(10)3(1)8;4*2-1(3)4;;;;/h2*1-2,5-10H;8*4-6H2,1-3H3;;;4*1H;;;;/q2*-2;;;;;;;;;;;;;;;;;;. The fourth-order valence-electron chi connectivity index (χ4n) is 10.0. The first-order chi connectivity index (χ1) is 56.7. The average Bonchev–Trinajstić information content (AvgIpc) is 1.20. The number of alkyl halides is 12.